The second-order valence-corrected chi connectivity index (χ2v) is 6.44. The second-order valence-electron chi connectivity index (χ2n) is 6.44. The molecule has 140 valence electrons. The Balaban J connectivity index is 1.56. The van der Waals surface area contributed by atoms with Crippen molar-refractivity contribution in [1.29, 1.82) is 5.26 Å². The van der Waals surface area contributed by atoms with Gasteiger partial charge in [-0.3, -0.25) is 4.79 Å². The van der Waals surface area contributed by atoms with Gasteiger partial charge in [0.2, 0.25) is 0 Å². The van der Waals surface area contributed by atoms with Crippen LogP contribution >= 0.6 is 0 Å². The minimum Gasteiger partial charge on any atom is -0.489 e. The van der Waals surface area contributed by atoms with Crippen LogP contribution in [0.3, 0.4) is 0 Å². The topological polar surface area (TPSA) is 78.8 Å². The first-order valence-electron chi connectivity index (χ1n) is 9.11. The van der Waals surface area contributed by atoms with E-state index in [1.165, 1.54) is 0 Å². The molecule has 0 fully saturated rings. The van der Waals surface area contributed by atoms with Gasteiger partial charge in [0.25, 0.3) is 5.56 Å². The van der Waals surface area contributed by atoms with Crippen molar-refractivity contribution in [3.8, 4) is 11.8 Å². The molecular formula is C24H17N3O2. The zero-order valence-corrected chi connectivity index (χ0v) is 15.5. The van der Waals surface area contributed by atoms with Gasteiger partial charge in [-0.05, 0) is 41.5 Å². The summed E-state index contributed by atoms with van der Waals surface area (Å²) in [6, 6.07) is 26.5. The van der Waals surface area contributed by atoms with E-state index in [1.807, 2.05) is 60.7 Å². The highest BCUT2D eigenvalue weighted by Crippen LogP contribution is 2.19. The van der Waals surface area contributed by atoms with Crippen LogP contribution in [0.15, 0.2) is 83.7 Å². The maximum Gasteiger partial charge on any atom is 0.259 e. The molecular weight excluding hydrogens is 362 g/mol. The number of para-hydroxylation sites is 1. The number of rotatable bonds is 5. The number of ether oxygens (including phenoxy) is 1. The van der Waals surface area contributed by atoms with Crippen molar-refractivity contribution in [2.24, 2.45) is 0 Å². The van der Waals surface area contributed by atoms with Gasteiger partial charge in [-0.1, -0.05) is 54.6 Å². The molecule has 4 aromatic rings. The Bertz CT molecular complexity index is 1270. The van der Waals surface area contributed by atoms with Crippen molar-refractivity contribution in [1.82, 2.24) is 9.97 Å². The van der Waals surface area contributed by atoms with Crippen LogP contribution in [0.4, 0.5) is 0 Å². The van der Waals surface area contributed by atoms with E-state index in [-0.39, 0.29) is 17.0 Å². The molecule has 29 heavy (non-hydrogen) atoms. The van der Waals surface area contributed by atoms with Gasteiger partial charge in [0, 0.05) is 0 Å². The van der Waals surface area contributed by atoms with Crippen LogP contribution in [-0.2, 0) is 6.61 Å². The molecule has 0 aliphatic rings. The summed E-state index contributed by atoms with van der Waals surface area (Å²) >= 11 is 0. The third kappa shape index (κ3) is 4.23. The van der Waals surface area contributed by atoms with Gasteiger partial charge in [-0.2, -0.15) is 5.26 Å². The van der Waals surface area contributed by atoms with Crippen molar-refractivity contribution in [2.45, 2.75) is 6.61 Å². The Labute approximate surface area is 167 Å². The van der Waals surface area contributed by atoms with Gasteiger partial charge >= 0.3 is 0 Å². The lowest BCUT2D eigenvalue weighted by Crippen LogP contribution is -2.11. The number of aromatic nitrogens is 2. The summed E-state index contributed by atoms with van der Waals surface area (Å²) in [6.45, 7) is 0.488. The second kappa shape index (κ2) is 8.24. The Morgan fingerprint density at radius 1 is 1.00 bits per heavy atom. The first-order chi connectivity index (χ1) is 14.2. The van der Waals surface area contributed by atoms with E-state index in [2.05, 4.69) is 16.0 Å². The Morgan fingerprint density at radius 2 is 1.72 bits per heavy atom. The summed E-state index contributed by atoms with van der Waals surface area (Å²) in [5, 5.41) is 10.1. The van der Waals surface area contributed by atoms with Crippen LogP contribution in [0.5, 0.6) is 5.75 Å². The molecule has 1 aromatic heterocycles. The molecule has 0 atom stereocenters. The summed E-state index contributed by atoms with van der Waals surface area (Å²) in [5.41, 5.74) is 2.47. The van der Waals surface area contributed by atoms with E-state index < -0.39 is 0 Å². The standard InChI is InChI=1S/C24H17N3O2/c25-15-19(23-26-22-9-5-4-8-21(22)24(28)27-23)14-17-10-12-20(13-11-17)29-16-18-6-2-1-3-7-18/h1-14H,16H2,(H,26,27,28)/b19-14-. The van der Waals surface area contributed by atoms with Crippen LogP contribution in [0.1, 0.15) is 17.0 Å². The molecule has 1 heterocycles. The van der Waals surface area contributed by atoms with Gasteiger partial charge in [0.05, 0.1) is 16.5 Å². The van der Waals surface area contributed by atoms with Crippen molar-refractivity contribution < 1.29 is 4.74 Å². The van der Waals surface area contributed by atoms with E-state index in [1.54, 1.807) is 24.3 Å². The van der Waals surface area contributed by atoms with Crippen molar-refractivity contribution >= 4 is 22.6 Å². The third-order valence-corrected chi connectivity index (χ3v) is 4.43. The van der Waals surface area contributed by atoms with Crippen molar-refractivity contribution in [3.63, 3.8) is 0 Å². The smallest absolute Gasteiger partial charge is 0.259 e. The molecule has 5 nitrogen and oxygen atoms in total. The lowest BCUT2D eigenvalue weighted by atomic mass is 10.1. The molecule has 0 spiro atoms. The molecule has 0 radical (unpaired) electrons. The first kappa shape index (κ1) is 18.2. The fourth-order valence-electron chi connectivity index (χ4n) is 2.94. The van der Waals surface area contributed by atoms with Crippen LogP contribution in [-0.4, -0.2) is 9.97 Å². The quantitative estimate of drug-likeness (QED) is 0.515. The summed E-state index contributed by atoms with van der Waals surface area (Å²) in [5.74, 6) is 0.988. The molecule has 0 unspecified atom stereocenters. The van der Waals surface area contributed by atoms with Gasteiger partial charge in [0.1, 0.15) is 18.4 Å². The number of hydrogen-bond acceptors (Lipinski definition) is 4. The molecule has 0 bridgehead atoms. The molecule has 0 saturated heterocycles. The van der Waals surface area contributed by atoms with E-state index in [9.17, 15) is 10.1 Å². The summed E-state index contributed by atoms with van der Waals surface area (Å²) in [4.78, 5) is 19.4. The monoisotopic (exact) mass is 379 g/mol. The lowest BCUT2D eigenvalue weighted by Gasteiger charge is -2.06. The molecule has 0 saturated carbocycles. The summed E-state index contributed by atoms with van der Waals surface area (Å²) in [6.07, 6.45) is 1.69. The fourth-order valence-corrected chi connectivity index (χ4v) is 2.94. The van der Waals surface area contributed by atoms with Crippen LogP contribution in [0.2, 0.25) is 0 Å². The number of nitrogens with one attached hydrogen (secondary N) is 1. The number of nitriles is 1. The Morgan fingerprint density at radius 3 is 2.48 bits per heavy atom. The van der Waals surface area contributed by atoms with E-state index in [0.717, 1.165) is 16.9 Å². The molecule has 0 amide bonds. The average molecular weight is 379 g/mol. The highest BCUT2D eigenvalue weighted by atomic mass is 16.5. The van der Waals surface area contributed by atoms with Crippen LogP contribution < -0.4 is 10.3 Å². The maximum absolute atomic E-state index is 12.3. The highest BCUT2D eigenvalue weighted by molar-refractivity contribution is 5.89. The molecule has 1 N–H and O–H groups in total. The van der Waals surface area contributed by atoms with Crippen molar-refractivity contribution in [2.75, 3.05) is 0 Å². The Kier molecular flexibility index (Phi) is 5.17. The zero-order chi connectivity index (χ0) is 20.1. The molecule has 4 rings (SSSR count). The van der Waals surface area contributed by atoms with Gasteiger partial charge in [0.15, 0.2) is 5.82 Å². The number of aromatic amines is 1. The summed E-state index contributed by atoms with van der Waals surface area (Å²) < 4.78 is 5.78. The number of H-pyrrole nitrogens is 1. The number of allylic oxidation sites excluding steroid dienone is 1. The first-order valence-corrected chi connectivity index (χ1v) is 9.11. The van der Waals surface area contributed by atoms with Gasteiger partial charge in [-0.15, -0.1) is 0 Å². The molecule has 0 aliphatic carbocycles. The fraction of sp³-hybridized carbons (Fsp3) is 0.0417. The zero-order valence-electron chi connectivity index (χ0n) is 15.5. The predicted molar refractivity (Wildman–Crippen MR) is 113 cm³/mol. The van der Waals surface area contributed by atoms with Gasteiger partial charge < -0.3 is 9.72 Å². The molecule has 3 aromatic carbocycles. The third-order valence-electron chi connectivity index (χ3n) is 4.43. The number of fused-ring (bicyclic) bond motifs is 1. The minimum atomic E-state index is -0.267. The summed E-state index contributed by atoms with van der Waals surface area (Å²) in [7, 11) is 0. The average Bonchev–Trinajstić information content (AvgIpc) is 2.77. The normalized spacial score (nSPS) is 11.2. The van der Waals surface area contributed by atoms with Crippen molar-refractivity contribution in [3.05, 3.63) is 106 Å². The lowest BCUT2D eigenvalue weighted by molar-refractivity contribution is 0.306. The highest BCUT2D eigenvalue weighted by Gasteiger charge is 2.08. The number of hydrogen-bond donors (Lipinski definition) is 1. The van der Waals surface area contributed by atoms with E-state index in [4.69, 9.17) is 4.74 Å². The number of benzene rings is 3. The minimum absolute atomic E-state index is 0.251. The van der Waals surface area contributed by atoms with Crippen LogP contribution in [0.25, 0.3) is 22.6 Å². The SMILES string of the molecule is N#C/C(=C/c1ccc(OCc2ccccc2)cc1)c1nc2ccccc2c(=O)[nH]1. The Hall–Kier alpha value is -4.17. The number of nitrogens with zero attached hydrogens (tertiary/aromatic N) is 2. The van der Waals surface area contributed by atoms with Crippen LogP contribution in [0, 0.1) is 11.3 Å². The maximum atomic E-state index is 12.3. The molecule has 5 heteroatoms. The molecule has 0 aliphatic heterocycles. The predicted octanol–water partition coefficient (Wildman–Crippen LogP) is 4.57. The van der Waals surface area contributed by atoms with Gasteiger partial charge in [-0.25, -0.2) is 4.98 Å². The largest absolute Gasteiger partial charge is 0.489 e. The van der Waals surface area contributed by atoms with E-state index >= 15 is 0 Å². The van der Waals surface area contributed by atoms with E-state index in [0.29, 0.717) is 17.5 Å².